The molecule has 0 aliphatic carbocycles. The molecule has 6 heteroatoms. The fourth-order valence-corrected chi connectivity index (χ4v) is 4.08. The van der Waals surface area contributed by atoms with E-state index in [9.17, 15) is 0 Å². The van der Waals surface area contributed by atoms with Crippen molar-refractivity contribution < 1.29 is 4.52 Å². The fourth-order valence-electron chi connectivity index (χ4n) is 4.08. The van der Waals surface area contributed by atoms with E-state index in [1.807, 2.05) is 61.8 Å². The molecule has 0 atom stereocenters. The normalized spacial score (nSPS) is 12.0. The van der Waals surface area contributed by atoms with E-state index in [4.69, 9.17) is 4.52 Å². The Morgan fingerprint density at radius 2 is 1.63 bits per heavy atom. The number of pyridine rings is 1. The molecule has 1 aliphatic heterocycles. The number of nitrogens with zero attached hydrogens (tertiary/aromatic N) is 5. The van der Waals surface area contributed by atoms with Crippen LogP contribution in [0.4, 0.5) is 0 Å². The maximum Gasteiger partial charge on any atom is 0.170 e. The third-order valence-corrected chi connectivity index (χ3v) is 5.58. The maximum atomic E-state index is 5.55. The number of fused-ring (bicyclic) bond motifs is 3. The number of benzene rings is 2. The van der Waals surface area contributed by atoms with Gasteiger partial charge in [0.25, 0.3) is 0 Å². The van der Waals surface area contributed by atoms with E-state index >= 15 is 0 Å². The van der Waals surface area contributed by atoms with E-state index in [-0.39, 0.29) is 0 Å². The van der Waals surface area contributed by atoms with Crippen LogP contribution in [0.15, 0.2) is 77.6 Å². The van der Waals surface area contributed by atoms with Crippen molar-refractivity contribution in [2.45, 2.75) is 13.5 Å². The third kappa shape index (κ3) is 2.50. The first-order chi connectivity index (χ1) is 14.8. The topological polar surface area (TPSA) is 69.6 Å². The third-order valence-electron chi connectivity index (χ3n) is 5.58. The fraction of sp³-hybridized carbons (Fsp3) is 0.0833. The summed E-state index contributed by atoms with van der Waals surface area (Å²) in [5, 5.41) is 13.4. The Kier molecular flexibility index (Phi) is 3.64. The van der Waals surface area contributed by atoms with E-state index in [0.29, 0.717) is 0 Å². The average Bonchev–Trinajstić information content (AvgIpc) is 3.48. The largest absolute Gasteiger partial charge is 0.360 e. The van der Waals surface area contributed by atoms with Gasteiger partial charge in [-0.25, -0.2) is 0 Å². The van der Waals surface area contributed by atoms with Crippen molar-refractivity contribution in [1.29, 1.82) is 0 Å². The SMILES string of the molecule is Cc1onc(-c2ccccc2)c1-c1nnc2n1Cc1ccc(-c3ccncc3)cc1-2. The Hall–Kier alpha value is -4.06. The molecule has 0 amide bonds. The van der Waals surface area contributed by atoms with E-state index in [1.165, 1.54) is 5.56 Å². The van der Waals surface area contributed by atoms with Crippen LogP contribution in [0.5, 0.6) is 0 Å². The second-order valence-electron chi connectivity index (χ2n) is 7.37. The van der Waals surface area contributed by atoms with Crippen molar-refractivity contribution in [3.8, 4) is 45.2 Å². The number of aromatic nitrogens is 5. The lowest BCUT2D eigenvalue weighted by atomic mass is 10.0. The minimum absolute atomic E-state index is 0.725. The van der Waals surface area contributed by atoms with Gasteiger partial charge in [0.05, 0.1) is 12.1 Å². The van der Waals surface area contributed by atoms with Gasteiger partial charge < -0.3 is 9.09 Å². The predicted octanol–water partition coefficient (Wildman–Crippen LogP) is 5.00. The molecule has 0 N–H and O–H groups in total. The molecular weight excluding hydrogens is 374 g/mol. The monoisotopic (exact) mass is 391 g/mol. The Labute approximate surface area is 172 Å². The Balaban J connectivity index is 1.48. The van der Waals surface area contributed by atoms with Gasteiger partial charge in [0.2, 0.25) is 0 Å². The highest BCUT2D eigenvalue weighted by Crippen LogP contribution is 2.40. The molecule has 6 nitrogen and oxygen atoms in total. The van der Waals surface area contributed by atoms with E-state index in [0.717, 1.165) is 57.5 Å². The summed E-state index contributed by atoms with van der Waals surface area (Å²) in [5.74, 6) is 2.39. The lowest BCUT2D eigenvalue weighted by Gasteiger charge is -2.05. The molecule has 1 aliphatic rings. The van der Waals surface area contributed by atoms with Crippen LogP contribution >= 0.6 is 0 Å². The van der Waals surface area contributed by atoms with Crippen molar-refractivity contribution in [3.63, 3.8) is 0 Å². The zero-order chi connectivity index (χ0) is 20.1. The summed E-state index contributed by atoms with van der Waals surface area (Å²) in [7, 11) is 0. The van der Waals surface area contributed by atoms with Crippen LogP contribution < -0.4 is 0 Å². The molecule has 0 spiro atoms. The number of rotatable bonds is 3. The molecule has 0 saturated carbocycles. The van der Waals surface area contributed by atoms with Crippen molar-refractivity contribution >= 4 is 0 Å². The van der Waals surface area contributed by atoms with Gasteiger partial charge in [0.1, 0.15) is 11.5 Å². The molecule has 144 valence electrons. The van der Waals surface area contributed by atoms with Crippen LogP contribution in [0.1, 0.15) is 11.3 Å². The summed E-state index contributed by atoms with van der Waals surface area (Å²) in [4.78, 5) is 4.11. The van der Waals surface area contributed by atoms with Crippen LogP contribution in [0, 0.1) is 6.92 Å². The first kappa shape index (κ1) is 16.9. The first-order valence-electron chi connectivity index (χ1n) is 9.78. The maximum absolute atomic E-state index is 5.55. The molecular formula is C24H17N5O. The smallest absolute Gasteiger partial charge is 0.170 e. The summed E-state index contributed by atoms with van der Waals surface area (Å²) < 4.78 is 7.70. The van der Waals surface area contributed by atoms with Gasteiger partial charge >= 0.3 is 0 Å². The Morgan fingerprint density at radius 3 is 2.47 bits per heavy atom. The van der Waals surface area contributed by atoms with Crippen molar-refractivity contribution in [3.05, 3.63) is 84.4 Å². The first-order valence-corrected chi connectivity index (χ1v) is 9.78. The van der Waals surface area contributed by atoms with Crippen molar-refractivity contribution in [1.82, 2.24) is 24.9 Å². The molecule has 0 bridgehead atoms. The summed E-state index contributed by atoms with van der Waals surface area (Å²) in [5.41, 5.74) is 7.29. The van der Waals surface area contributed by atoms with Gasteiger partial charge in [0.15, 0.2) is 11.6 Å². The second-order valence-corrected chi connectivity index (χ2v) is 7.37. The summed E-state index contributed by atoms with van der Waals surface area (Å²) in [6.45, 7) is 2.64. The Bertz CT molecular complexity index is 1370. The highest BCUT2D eigenvalue weighted by atomic mass is 16.5. The van der Waals surface area contributed by atoms with Gasteiger partial charge in [-0.05, 0) is 41.8 Å². The lowest BCUT2D eigenvalue weighted by molar-refractivity contribution is 0.400. The van der Waals surface area contributed by atoms with Gasteiger partial charge in [-0.2, -0.15) is 0 Å². The summed E-state index contributed by atoms with van der Waals surface area (Å²) >= 11 is 0. The predicted molar refractivity (Wildman–Crippen MR) is 113 cm³/mol. The molecule has 2 aromatic carbocycles. The highest BCUT2D eigenvalue weighted by molar-refractivity contribution is 5.81. The molecule has 0 saturated heterocycles. The molecule has 6 rings (SSSR count). The summed E-state index contributed by atoms with van der Waals surface area (Å²) in [6, 6.07) is 20.6. The standard InChI is InChI=1S/C24H17N5O/c1-15-21(22(28-30-15)17-5-3-2-4-6-17)24-27-26-23-20-13-18(16-9-11-25-12-10-16)7-8-19(20)14-29(23)24/h2-13H,14H2,1H3. The van der Waals surface area contributed by atoms with Crippen molar-refractivity contribution in [2.24, 2.45) is 0 Å². The second kappa shape index (κ2) is 6.49. The average molecular weight is 391 g/mol. The van der Waals surface area contributed by atoms with Gasteiger partial charge in [-0.15, -0.1) is 10.2 Å². The lowest BCUT2D eigenvalue weighted by Crippen LogP contribution is -1.98. The van der Waals surface area contributed by atoms with E-state index < -0.39 is 0 Å². The van der Waals surface area contributed by atoms with Crippen LogP contribution in [-0.4, -0.2) is 24.9 Å². The molecule has 30 heavy (non-hydrogen) atoms. The molecule has 0 unspecified atom stereocenters. The molecule has 0 fully saturated rings. The zero-order valence-electron chi connectivity index (χ0n) is 16.3. The molecule has 0 radical (unpaired) electrons. The number of hydrogen-bond acceptors (Lipinski definition) is 5. The van der Waals surface area contributed by atoms with Gasteiger partial charge in [-0.3, -0.25) is 4.98 Å². The zero-order valence-corrected chi connectivity index (χ0v) is 16.3. The van der Waals surface area contributed by atoms with Gasteiger partial charge in [0, 0.05) is 23.5 Å². The summed E-state index contributed by atoms with van der Waals surface area (Å²) in [6.07, 6.45) is 3.62. The number of aryl methyl sites for hydroxylation is 1. The highest BCUT2D eigenvalue weighted by Gasteiger charge is 2.29. The van der Waals surface area contributed by atoms with Crippen LogP contribution in [-0.2, 0) is 6.54 Å². The van der Waals surface area contributed by atoms with Crippen LogP contribution in [0.25, 0.3) is 45.2 Å². The molecule has 3 aromatic heterocycles. The Morgan fingerprint density at radius 1 is 0.833 bits per heavy atom. The number of hydrogen-bond donors (Lipinski definition) is 0. The quantitative estimate of drug-likeness (QED) is 0.425. The van der Waals surface area contributed by atoms with Crippen LogP contribution in [0.2, 0.25) is 0 Å². The van der Waals surface area contributed by atoms with Crippen molar-refractivity contribution in [2.75, 3.05) is 0 Å². The van der Waals surface area contributed by atoms with E-state index in [2.05, 4.69) is 43.1 Å². The van der Waals surface area contributed by atoms with E-state index in [1.54, 1.807) is 0 Å². The molecule has 4 heterocycles. The minimum Gasteiger partial charge on any atom is -0.360 e. The van der Waals surface area contributed by atoms with Gasteiger partial charge in [-0.1, -0.05) is 47.6 Å². The van der Waals surface area contributed by atoms with Crippen LogP contribution in [0.3, 0.4) is 0 Å². The minimum atomic E-state index is 0.725. The molecule has 5 aromatic rings.